The maximum Gasteiger partial charge on any atom is 0.0251 e. The van der Waals surface area contributed by atoms with Crippen molar-refractivity contribution in [3.8, 4) is 0 Å². The number of likely N-dealkylation sites (N-methyl/N-ethyl adjacent to an activating group) is 2. The van der Waals surface area contributed by atoms with Crippen LogP contribution in [0.2, 0.25) is 0 Å². The van der Waals surface area contributed by atoms with E-state index in [9.17, 15) is 0 Å². The lowest BCUT2D eigenvalue weighted by atomic mass is 9.67. The molecule has 4 atom stereocenters. The quantitative estimate of drug-likeness (QED) is 0.699. The van der Waals surface area contributed by atoms with Gasteiger partial charge in [-0.1, -0.05) is 47.5 Å². The number of rotatable bonds is 8. The summed E-state index contributed by atoms with van der Waals surface area (Å²) in [6, 6.07) is 2.09. The predicted molar refractivity (Wildman–Crippen MR) is 94.8 cm³/mol. The highest BCUT2D eigenvalue weighted by Gasteiger charge is 2.39. The van der Waals surface area contributed by atoms with E-state index < -0.39 is 0 Å². The molecule has 1 aliphatic carbocycles. The van der Waals surface area contributed by atoms with E-state index in [2.05, 4.69) is 58.8 Å². The molecule has 1 N–H and O–H groups in total. The summed E-state index contributed by atoms with van der Waals surface area (Å²) < 4.78 is 0. The second kappa shape index (κ2) is 8.53. The van der Waals surface area contributed by atoms with Gasteiger partial charge >= 0.3 is 0 Å². The highest BCUT2D eigenvalue weighted by molar-refractivity contribution is 4.95. The Morgan fingerprint density at radius 2 is 1.86 bits per heavy atom. The number of nitrogens with zero attached hydrogens (tertiary/aromatic N) is 1. The van der Waals surface area contributed by atoms with Crippen LogP contribution in [0.4, 0.5) is 0 Å². The first kappa shape index (κ1) is 19.0. The van der Waals surface area contributed by atoms with Crippen molar-refractivity contribution in [2.45, 2.75) is 98.2 Å². The summed E-state index contributed by atoms with van der Waals surface area (Å²) >= 11 is 0. The molecule has 0 heterocycles. The third-order valence-electron chi connectivity index (χ3n) is 6.22. The average Bonchev–Trinajstić information content (AvgIpc) is 2.47. The summed E-state index contributed by atoms with van der Waals surface area (Å²) in [4.78, 5) is 2.68. The summed E-state index contributed by atoms with van der Waals surface area (Å²) in [7, 11) is 2.36. The van der Waals surface area contributed by atoms with E-state index in [4.69, 9.17) is 0 Å². The van der Waals surface area contributed by atoms with Crippen LogP contribution in [-0.2, 0) is 0 Å². The molecule has 0 saturated heterocycles. The van der Waals surface area contributed by atoms with Crippen molar-refractivity contribution in [3.05, 3.63) is 0 Å². The number of hydrogen-bond donors (Lipinski definition) is 1. The van der Waals surface area contributed by atoms with Gasteiger partial charge in [-0.15, -0.1) is 0 Å². The van der Waals surface area contributed by atoms with Gasteiger partial charge in [0.2, 0.25) is 0 Å². The lowest BCUT2D eigenvalue weighted by Gasteiger charge is -2.48. The SMILES string of the molecule is CCCC(C)N(C)C1CC(C(C)(C)CC)CCC1NCC. The Labute approximate surface area is 134 Å². The van der Waals surface area contributed by atoms with Crippen LogP contribution < -0.4 is 5.32 Å². The van der Waals surface area contributed by atoms with Gasteiger partial charge in [0.1, 0.15) is 0 Å². The van der Waals surface area contributed by atoms with E-state index in [1.165, 1.54) is 38.5 Å². The van der Waals surface area contributed by atoms with E-state index in [1.54, 1.807) is 0 Å². The second-order valence-electron chi connectivity index (χ2n) is 7.89. The van der Waals surface area contributed by atoms with Crippen LogP contribution >= 0.6 is 0 Å². The lowest BCUT2D eigenvalue weighted by Crippen LogP contribution is -2.55. The summed E-state index contributed by atoms with van der Waals surface area (Å²) in [5.41, 5.74) is 0.490. The smallest absolute Gasteiger partial charge is 0.0251 e. The molecular weight excluding hydrogens is 256 g/mol. The van der Waals surface area contributed by atoms with Crippen LogP contribution in [0, 0.1) is 11.3 Å². The second-order valence-corrected chi connectivity index (χ2v) is 7.89. The third-order valence-corrected chi connectivity index (χ3v) is 6.22. The van der Waals surface area contributed by atoms with Crippen LogP contribution in [0.5, 0.6) is 0 Å². The van der Waals surface area contributed by atoms with Crippen molar-refractivity contribution in [1.29, 1.82) is 0 Å². The Morgan fingerprint density at radius 3 is 2.38 bits per heavy atom. The summed E-state index contributed by atoms with van der Waals surface area (Å²) in [6.07, 6.45) is 8.00. The molecule has 0 aromatic carbocycles. The highest BCUT2D eigenvalue weighted by atomic mass is 15.2. The van der Waals surface area contributed by atoms with Crippen LogP contribution in [0.15, 0.2) is 0 Å². The molecule has 2 heteroatoms. The van der Waals surface area contributed by atoms with Crippen molar-refractivity contribution in [1.82, 2.24) is 10.2 Å². The third kappa shape index (κ3) is 4.96. The van der Waals surface area contributed by atoms with Crippen molar-refractivity contribution < 1.29 is 0 Å². The monoisotopic (exact) mass is 296 g/mol. The molecule has 1 aliphatic rings. The molecule has 1 fully saturated rings. The maximum absolute atomic E-state index is 3.76. The molecule has 0 aromatic heterocycles. The Balaban J connectivity index is 2.81. The zero-order valence-corrected chi connectivity index (χ0v) is 15.7. The Hall–Kier alpha value is -0.0800. The molecule has 0 spiro atoms. The molecule has 21 heavy (non-hydrogen) atoms. The molecule has 0 radical (unpaired) electrons. The Kier molecular flexibility index (Phi) is 7.70. The van der Waals surface area contributed by atoms with Crippen molar-refractivity contribution in [2.24, 2.45) is 11.3 Å². The average molecular weight is 297 g/mol. The molecule has 2 nitrogen and oxygen atoms in total. The van der Waals surface area contributed by atoms with E-state index in [-0.39, 0.29) is 0 Å². The fraction of sp³-hybridized carbons (Fsp3) is 1.00. The van der Waals surface area contributed by atoms with Gasteiger partial charge in [0.15, 0.2) is 0 Å². The van der Waals surface area contributed by atoms with Gasteiger partial charge in [-0.3, -0.25) is 4.90 Å². The standard InChI is InChI=1S/C19H40N2/c1-8-11-15(4)21(7)18-14-16(19(5,6)9-2)12-13-17(18)20-10-3/h15-18,20H,8-14H2,1-7H3. The molecule has 126 valence electrons. The van der Waals surface area contributed by atoms with Crippen molar-refractivity contribution >= 4 is 0 Å². The topological polar surface area (TPSA) is 15.3 Å². The molecular formula is C19H40N2. The van der Waals surface area contributed by atoms with Crippen LogP contribution in [-0.4, -0.2) is 36.6 Å². The normalized spacial score (nSPS) is 28.9. The van der Waals surface area contributed by atoms with Gasteiger partial charge in [-0.2, -0.15) is 0 Å². The lowest BCUT2D eigenvalue weighted by molar-refractivity contribution is 0.0441. The van der Waals surface area contributed by atoms with Crippen LogP contribution in [0.3, 0.4) is 0 Å². The minimum absolute atomic E-state index is 0.490. The number of nitrogens with one attached hydrogen (secondary N) is 1. The van der Waals surface area contributed by atoms with E-state index in [0.29, 0.717) is 23.5 Å². The first-order valence-corrected chi connectivity index (χ1v) is 9.32. The predicted octanol–water partition coefficient (Wildman–Crippen LogP) is 4.69. The first-order chi connectivity index (χ1) is 9.87. The minimum Gasteiger partial charge on any atom is -0.313 e. The largest absolute Gasteiger partial charge is 0.313 e. The minimum atomic E-state index is 0.490. The van der Waals surface area contributed by atoms with Gasteiger partial charge in [0.25, 0.3) is 0 Å². The molecule has 0 aromatic rings. The summed E-state index contributed by atoms with van der Waals surface area (Å²) in [5, 5.41) is 3.76. The zero-order chi connectivity index (χ0) is 16.0. The zero-order valence-electron chi connectivity index (χ0n) is 15.7. The molecule has 0 amide bonds. The molecule has 4 unspecified atom stereocenters. The molecule has 1 rings (SSSR count). The summed E-state index contributed by atoms with van der Waals surface area (Å²) in [6.45, 7) is 15.3. The highest BCUT2D eigenvalue weighted by Crippen LogP contribution is 2.42. The Bertz CT molecular complexity index is 287. The Morgan fingerprint density at radius 1 is 1.19 bits per heavy atom. The first-order valence-electron chi connectivity index (χ1n) is 9.32. The van der Waals surface area contributed by atoms with Gasteiger partial charge < -0.3 is 5.32 Å². The van der Waals surface area contributed by atoms with E-state index in [0.717, 1.165) is 12.5 Å². The van der Waals surface area contributed by atoms with Gasteiger partial charge in [-0.05, 0) is 57.5 Å². The molecule has 0 bridgehead atoms. The van der Waals surface area contributed by atoms with E-state index in [1.807, 2.05) is 0 Å². The fourth-order valence-corrected chi connectivity index (χ4v) is 4.04. The fourth-order valence-electron chi connectivity index (χ4n) is 4.04. The number of hydrogen-bond acceptors (Lipinski definition) is 2. The van der Waals surface area contributed by atoms with Crippen molar-refractivity contribution in [3.63, 3.8) is 0 Å². The van der Waals surface area contributed by atoms with Crippen molar-refractivity contribution in [2.75, 3.05) is 13.6 Å². The molecule has 0 aliphatic heterocycles. The van der Waals surface area contributed by atoms with Gasteiger partial charge in [0.05, 0.1) is 0 Å². The van der Waals surface area contributed by atoms with Gasteiger partial charge in [0, 0.05) is 18.1 Å². The van der Waals surface area contributed by atoms with Crippen LogP contribution in [0.1, 0.15) is 80.1 Å². The van der Waals surface area contributed by atoms with E-state index >= 15 is 0 Å². The van der Waals surface area contributed by atoms with Gasteiger partial charge in [-0.25, -0.2) is 0 Å². The maximum atomic E-state index is 3.76. The molecule has 1 saturated carbocycles. The van der Waals surface area contributed by atoms with Crippen LogP contribution in [0.25, 0.3) is 0 Å². The summed E-state index contributed by atoms with van der Waals surface area (Å²) in [5.74, 6) is 0.874.